The fraction of sp³-hybridized carbons (Fsp3) is 0.312. The van der Waals surface area contributed by atoms with Gasteiger partial charge in [-0.2, -0.15) is 0 Å². The summed E-state index contributed by atoms with van der Waals surface area (Å²) in [7, 11) is 0. The molecule has 22 heavy (non-hydrogen) atoms. The summed E-state index contributed by atoms with van der Waals surface area (Å²) in [5.74, 6) is 0.578. The van der Waals surface area contributed by atoms with Gasteiger partial charge < -0.3 is 10.2 Å². The lowest BCUT2D eigenvalue weighted by Crippen LogP contribution is -2.40. The highest BCUT2D eigenvalue weighted by Crippen LogP contribution is 2.31. The van der Waals surface area contributed by atoms with Gasteiger partial charge in [0, 0.05) is 23.7 Å². The fourth-order valence-corrected chi connectivity index (χ4v) is 3.86. The van der Waals surface area contributed by atoms with Gasteiger partial charge in [-0.1, -0.05) is 29.3 Å². The first-order valence-corrected chi connectivity index (χ1v) is 8.81. The van der Waals surface area contributed by atoms with Gasteiger partial charge in [-0.15, -0.1) is 11.3 Å². The molecule has 116 valence electrons. The number of likely N-dealkylation sites (tertiary alicyclic amines) is 1. The molecule has 1 fully saturated rings. The molecule has 0 atom stereocenters. The van der Waals surface area contributed by atoms with Crippen LogP contribution < -0.4 is 5.32 Å². The highest BCUT2D eigenvalue weighted by molar-refractivity contribution is 7.10. The van der Waals surface area contributed by atoms with Crippen LogP contribution >= 0.6 is 34.5 Å². The summed E-state index contributed by atoms with van der Waals surface area (Å²) in [4.78, 5) is 15.6. The molecule has 0 aliphatic carbocycles. The van der Waals surface area contributed by atoms with Crippen molar-refractivity contribution in [3.05, 3.63) is 50.6 Å². The second-order valence-electron chi connectivity index (χ2n) is 5.34. The van der Waals surface area contributed by atoms with Gasteiger partial charge in [-0.25, -0.2) is 4.79 Å². The van der Waals surface area contributed by atoms with Crippen LogP contribution in [-0.2, 0) is 0 Å². The number of piperidine rings is 1. The number of urea groups is 1. The molecule has 1 aromatic heterocycles. The zero-order valence-electron chi connectivity index (χ0n) is 11.9. The Balaban J connectivity index is 1.56. The van der Waals surface area contributed by atoms with Crippen molar-refractivity contribution in [2.75, 3.05) is 18.4 Å². The van der Waals surface area contributed by atoms with E-state index >= 15 is 0 Å². The Kier molecular flexibility index (Phi) is 4.91. The molecule has 2 heterocycles. The van der Waals surface area contributed by atoms with Crippen LogP contribution in [0.1, 0.15) is 23.6 Å². The zero-order chi connectivity index (χ0) is 15.5. The number of hydrogen-bond donors (Lipinski definition) is 1. The smallest absolute Gasteiger partial charge is 0.321 e. The molecule has 6 heteroatoms. The summed E-state index contributed by atoms with van der Waals surface area (Å²) >= 11 is 13.6. The minimum Gasteiger partial charge on any atom is -0.324 e. The molecular formula is C16H16Cl2N2OS. The van der Waals surface area contributed by atoms with Crippen LogP contribution in [0, 0.1) is 0 Å². The van der Waals surface area contributed by atoms with E-state index in [0.717, 1.165) is 25.9 Å². The number of anilines is 1. The topological polar surface area (TPSA) is 32.3 Å². The maximum absolute atomic E-state index is 12.3. The predicted octanol–water partition coefficient (Wildman–Crippen LogP) is 5.47. The van der Waals surface area contributed by atoms with Crippen LogP contribution in [0.4, 0.5) is 10.5 Å². The van der Waals surface area contributed by atoms with Crippen LogP contribution in [0.15, 0.2) is 35.7 Å². The van der Waals surface area contributed by atoms with Crippen molar-refractivity contribution in [1.29, 1.82) is 0 Å². The Labute approximate surface area is 143 Å². The summed E-state index contributed by atoms with van der Waals surface area (Å²) in [6.07, 6.45) is 2.02. The Morgan fingerprint density at radius 3 is 2.59 bits per heavy atom. The number of nitrogens with one attached hydrogen (secondary N) is 1. The monoisotopic (exact) mass is 354 g/mol. The van der Waals surface area contributed by atoms with Gasteiger partial charge in [-0.3, -0.25) is 0 Å². The molecule has 3 nitrogen and oxygen atoms in total. The van der Waals surface area contributed by atoms with Crippen molar-refractivity contribution in [2.45, 2.75) is 18.8 Å². The Bertz CT molecular complexity index is 652. The lowest BCUT2D eigenvalue weighted by atomic mass is 9.95. The van der Waals surface area contributed by atoms with Gasteiger partial charge in [0.15, 0.2) is 0 Å². The molecule has 0 bridgehead atoms. The van der Waals surface area contributed by atoms with E-state index < -0.39 is 0 Å². The van der Waals surface area contributed by atoms with Gasteiger partial charge in [0.05, 0.1) is 10.0 Å². The number of thiophene rings is 1. The number of amides is 2. The van der Waals surface area contributed by atoms with Gasteiger partial charge >= 0.3 is 6.03 Å². The standard InChI is InChI=1S/C16H16Cl2N2OS/c17-13-4-3-12(10-14(13)18)19-16(21)20-7-5-11(6-8-20)15-2-1-9-22-15/h1-4,9-11H,5-8H2,(H,19,21). The largest absolute Gasteiger partial charge is 0.324 e. The number of carbonyl (C=O) groups is 1. The van der Waals surface area contributed by atoms with Gasteiger partial charge in [0.25, 0.3) is 0 Å². The maximum Gasteiger partial charge on any atom is 0.321 e. The number of carbonyl (C=O) groups excluding carboxylic acids is 1. The average molecular weight is 355 g/mol. The molecule has 1 saturated heterocycles. The quantitative estimate of drug-likeness (QED) is 0.762. The van der Waals surface area contributed by atoms with Crippen LogP contribution in [0.25, 0.3) is 0 Å². The van der Waals surface area contributed by atoms with Crippen LogP contribution in [0.3, 0.4) is 0 Å². The molecule has 2 amide bonds. The molecule has 1 aromatic carbocycles. The van der Waals surface area contributed by atoms with Crippen molar-refractivity contribution >= 4 is 46.3 Å². The van der Waals surface area contributed by atoms with Crippen molar-refractivity contribution in [3.63, 3.8) is 0 Å². The van der Waals surface area contributed by atoms with Gasteiger partial charge in [-0.05, 0) is 48.4 Å². The van der Waals surface area contributed by atoms with Crippen LogP contribution in [0.2, 0.25) is 10.0 Å². The number of benzene rings is 1. The number of halogens is 2. The zero-order valence-corrected chi connectivity index (χ0v) is 14.2. The SMILES string of the molecule is O=C(Nc1ccc(Cl)c(Cl)c1)N1CCC(c2cccs2)CC1. The first-order valence-electron chi connectivity index (χ1n) is 7.18. The Hall–Kier alpha value is -1.23. The molecule has 0 radical (unpaired) electrons. The molecule has 0 spiro atoms. The lowest BCUT2D eigenvalue weighted by molar-refractivity contribution is 0.195. The summed E-state index contributed by atoms with van der Waals surface area (Å²) in [6, 6.07) is 9.29. The fourth-order valence-electron chi connectivity index (χ4n) is 2.67. The van der Waals surface area contributed by atoms with E-state index in [4.69, 9.17) is 23.2 Å². The molecule has 1 aliphatic heterocycles. The van der Waals surface area contributed by atoms with E-state index in [1.807, 2.05) is 4.90 Å². The molecule has 3 rings (SSSR count). The van der Waals surface area contributed by atoms with Crippen molar-refractivity contribution in [3.8, 4) is 0 Å². The minimum absolute atomic E-state index is 0.0805. The number of nitrogens with zero attached hydrogens (tertiary/aromatic N) is 1. The third-order valence-electron chi connectivity index (χ3n) is 3.90. The lowest BCUT2D eigenvalue weighted by Gasteiger charge is -2.31. The summed E-state index contributed by atoms with van der Waals surface area (Å²) in [6.45, 7) is 1.55. The van der Waals surface area contributed by atoms with Gasteiger partial charge in [0.1, 0.15) is 0 Å². The van der Waals surface area contributed by atoms with Crippen LogP contribution in [-0.4, -0.2) is 24.0 Å². The van der Waals surface area contributed by atoms with Crippen molar-refractivity contribution < 1.29 is 4.79 Å². The first-order chi connectivity index (χ1) is 10.6. The molecule has 2 aromatic rings. The number of rotatable bonds is 2. The third-order valence-corrected chi connectivity index (χ3v) is 5.67. The second kappa shape index (κ2) is 6.90. The van der Waals surface area contributed by atoms with Crippen molar-refractivity contribution in [1.82, 2.24) is 4.90 Å². The predicted molar refractivity (Wildman–Crippen MR) is 93.3 cm³/mol. The normalized spacial score (nSPS) is 15.8. The summed E-state index contributed by atoms with van der Waals surface area (Å²) in [5, 5.41) is 5.91. The minimum atomic E-state index is -0.0805. The average Bonchev–Trinajstić information content (AvgIpc) is 3.05. The molecule has 1 aliphatic rings. The highest BCUT2D eigenvalue weighted by Gasteiger charge is 2.24. The van der Waals surface area contributed by atoms with E-state index in [1.165, 1.54) is 4.88 Å². The summed E-state index contributed by atoms with van der Waals surface area (Å²) < 4.78 is 0. The molecule has 0 unspecified atom stereocenters. The molecule has 1 N–H and O–H groups in total. The maximum atomic E-state index is 12.3. The highest BCUT2D eigenvalue weighted by atomic mass is 35.5. The molecule has 0 saturated carbocycles. The Morgan fingerprint density at radius 2 is 1.95 bits per heavy atom. The molecular weight excluding hydrogens is 339 g/mol. The van der Waals surface area contributed by atoms with Gasteiger partial charge in [0.2, 0.25) is 0 Å². The van der Waals surface area contributed by atoms with Crippen molar-refractivity contribution in [2.24, 2.45) is 0 Å². The Morgan fingerprint density at radius 1 is 1.18 bits per heavy atom. The van der Waals surface area contributed by atoms with E-state index in [0.29, 0.717) is 21.7 Å². The summed E-state index contributed by atoms with van der Waals surface area (Å²) in [5.41, 5.74) is 0.666. The third kappa shape index (κ3) is 3.57. The van der Waals surface area contributed by atoms with E-state index in [-0.39, 0.29) is 6.03 Å². The number of hydrogen-bond acceptors (Lipinski definition) is 2. The van der Waals surface area contributed by atoms with Crippen LogP contribution in [0.5, 0.6) is 0 Å². The second-order valence-corrected chi connectivity index (χ2v) is 7.13. The first kappa shape index (κ1) is 15.7. The van der Waals surface area contributed by atoms with E-state index in [9.17, 15) is 4.79 Å². The van der Waals surface area contributed by atoms with E-state index in [1.54, 1.807) is 29.5 Å². The van der Waals surface area contributed by atoms with E-state index in [2.05, 4.69) is 22.8 Å².